The van der Waals surface area contributed by atoms with Gasteiger partial charge < -0.3 is 15.0 Å². The average Bonchev–Trinajstić information content (AvgIpc) is 3.01. The Morgan fingerprint density at radius 1 is 1.33 bits per heavy atom. The van der Waals surface area contributed by atoms with E-state index in [0.29, 0.717) is 21.5 Å². The van der Waals surface area contributed by atoms with Gasteiger partial charge in [0, 0.05) is 17.9 Å². The molecule has 9 heteroatoms. The molecular weight excluding hydrogens is 386 g/mol. The van der Waals surface area contributed by atoms with E-state index in [1.54, 1.807) is 18.7 Å². The Labute approximate surface area is 165 Å². The van der Waals surface area contributed by atoms with Crippen LogP contribution in [0.4, 0.5) is 10.8 Å². The lowest BCUT2D eigenvalue weighted by molar-refractivity contribution is -0.117. The van der Waals surface area contributed by atoms with Gasteiger partial charge in [-0.05, 0) is 26.0 Å². The monoisotopic (exact) mass is 405 g/mol. The number of aromatic nitrogens is 1. The lowest BCUT2D eigenvalue weighted by atomic mass is 10.2. The van der Waals surface area contributed by atoms with E-state index in [1.807, 2.05) is 24.3 Å². The first kappa shape index (κ1) is 19.4. The molecule has 2 heterocycles. The zero-order valence-corrected chi connectivity index (χ0v) is 16.6. The van der Waals surface area contributed by atoms with Crippen LogP contribution in [0.25, 0.3) is 0 Å². The maximum absolute atomic E-state index is 12.3. The molecule has 142 valence electrons. The molecule has 0 saturated carbocycles. The molecule has 0 fully saturated rings. The lowest BCUT2D eigenvalue weighted by Gasteiger charge is -2.28. The molecule has 27 heavy (non-hydrogen) atoms. The van der Waals surface area contributed by atoms with Gasteiger partial charge in [0.2, 0.25) is 11.8 Å². The van der Waals surface area contributed by atoms with E-state index in [2.05, 4.69) is 10.3 Å². The number of amides is 2. The second-order valence-electron chi connectivity index (χ2n) is 5.75. The quantitative estimate of drug-likeness (QED) is 0.743. The summed E-state index contributed by atoms with van der Waals surface area (Å²) in [6, 6.07) is 7.65. The normalized spacial score (nSPS) is 13.3. The third-order valence-electron chi connectivity index (χ3n) is 3.87. The van der Waals surface area contributed by atoms with Crippen LogP contribution in [0.3, 0.4) is 0 Å². The van der Waals surface area contributed by atoms with E-state index >= 15 is 0 Å². The first-order chi connectivity index (χ1) is 13.0. The van der Waals surface area contributed by atoms with E-state index in [9.17, 15) is 14.4 Å². The van der Waals surface area contributed by atoms with Gasteiger partial charge in [-0.25, -0.2) is 9.78 Å². The van der Waals surface area contributed by atoms with Crippen molar-refractivity contribution in [3.05, 3.63) is 34.8 Å². The van der Waals surface area contributed by atoms with E-state index in [0.717, 1.165) is 21.9 Å². The number of hydrogen-bond acceptors (Lipinski definition) is 7. The van der Waals surface area contributed by atoms with Gasteiger partial charge in [-0.3, -0.25) is 9.59 Å². The highest BCUT2D eigenvalue weighted by Gasteiger charge is 2.25. The summed E-state index contributed by atoms with van der Waals surface area (Å²) in [4.78, 5) is 43.6. The van der Waals surface area contributed by atoms with Crippen molar-refractivity contribution in [2.24, 2.45) is 0 Å². The number of nitrogens with zero attached hydrogens (tertiary/aromatic N) is 2. The summed E-state index contributed by atoms with van der Waals surface area (Å²) in [5.74, 6) is -0.349. The molecule has 1 aliphatic rings. The second kappa shape index (κ2) is 8.53. The van der Waals surface area contributed by atoms with Crippen molar-refractivity contribution in [2.75, 3.05) is 29.1 Å². The number of ether oxygens (including phenoxy) is 1. The summed E-state index contributed by atoms with van der Waals surface area (Å²) < 4.78 is 4.97. The van der Waals surface area contributed by atoms with Crippen molar-refractivity contribution in [3.63, 3.8) is 0 Å². The van der Waals surface area contributed by atoms with Gasteiger partial charge >= 0.3 is 5.97 Å². The Morgan fingerprint density at radius 3 is 2.89 bits per heavy atom. The number of para-hydroxylation sites is 1. The Balaban J connectivity index is 1.61. The molecule has 0 spiro atoms. The van der Waals surface area contributed by atoms with Crippen LogP contribution in [0.15, 0.2) is 29.2 Å². The molecule has 1 N–H and O–H groups in total. The summed E-state index contributed by atoms with van der Waals surface area (Å²) in [5.41, 5.74) is 1.35. The van der Waals surface area contributed by atoms with Crippen molar-refractivity contribution >= 4 is 51.7 Å². The molecule has 1 aromatic heterocycles. The van der Waals surface area contributed by atoms with Crippen LogP contribution in [-0.2, 0) is 14.3 Å². The van der Waals surface area contributed by atoms with Crippen LogP contribution in [0, 0.1) is 6.92 Å². The number of thiazole rings is 1. The number of aryl methyl sites for hydroxylation is 1. The Kier molecular flexibility index (Phi) is 6.12. The molecule has 2 amide bonds. The number of thioether (sulfide) groups is 1. The number of rotatable bonds is 6. The number of nitrogens with one attached hydrogen (secondary N) is 1. The van der Waals surface area contributed by atoms with Gasteiger partial charge in [0.25, 0.3) is 0 Å². The maximum Gasteiger partial charge on any atom is 0.350 e. The molecule has 0 saturated heterocycles. The molecule has 1 aromatic carbocycles. The van der Waals surface area contributed by atoms with Crippen molar-refractivity contribution in [1.29, 1.82) is 0 Å². The fourth-order valence-corrected chi connectivity index (χ4v) is 4.44. The number of fused-ring (bicyclic) bond motifs is 1. The number of esters is 1. The van der Waals surface area contributed by atoms with E-state index in [-0.39, 0.29) is 31.4 Å². The molecule has 0 radical (unpaired) electrons. The largest absolute Gasteiger partial charge is 0.462 e. The Bertz CT molecular complexity index is 881. The van der Waals surface area contributed by atoms with E-state index in [4.69, 9.17) is 4.74 Å². The third kappa shape index (κ3) is 4.48. The number of anilines is 2. The van der Waals surface area contributed by atoms with Crippen molar-refractivity contribution < 1.29 is 19.1 Å². The molecule has 0 unspecified atom stereocenters. The smallest absolute Gasteiger partial charge is 0.350 e. The zero-order valence-electron chi connectivity index (χ0n) is 15.0. The van der Waals surface area contributed by atoms with Crippen molar-refractivity contribution in [2.45, 2.75) is 25.2 Å². The SMILES string of the molecule is CCOC(=O)c1sc(NC(=O)CCN2C(=O)CSc3ccccc32)nc1C. The Hall–Kier alpha value is -2.39. The van der Waals surface area contributed by atoms with Crippen LogP contribution in [0.5, 0.6) is 0 Å². The summed E-state index contributed by atoms with van der Waals surface area (Å²) in [7, 11) is 0. The van der Waals surface area contributed by atoms with Gasteiger partial charge in [-0.15, -0.1) is 11.8 Å². The summed E-state index contributed by atoms with van der Waals surface area (Å²) in [6.45, 7) is 3.99. The number of carbonyl (C=O) groups excluding carboxylic acids is 3. The minimum atomic E-state index is -0.444. The standard InChI is InChI=1S/C18H19N3O4S2/c1-3-25-17(24)16-11(2)19-18(27-16)20-14(22)8-9-21-12-6-4-5-7-13(12)26-10-15(21)23/h4-7H,3,8-10H2,1-2H3,(H,19,20,22). The molecule has 0 bridgehead atoms. The van der Waals surface area contributed by atoms with Crippen LogP contribution >= 0.6 is 23.1 Å². The lowest BCUT2D eigenvalue weighted by Crippen LogP contribution is -2.37. The predicted molar refractivity (Wildman–Crippen MR) is 106 cm³/mol. The molecule has 0 aliphatic carbocycles. The van der Waals surface area contributed by atoms with Gasteiger partial charge in [0.1, 0.15) is 4.88 Å². The second-order valence-corrected chi connectivity index (χ2v) is 7.77. The number of benzene rings is 1. The minimum absolute atomic E-state index is 0.0128. The van der Waals surface area contributed by atoms with Crippen molar-refractivity contribution in [3.8, 4) is 0 Å². The minimum Gasteiger partial charge on any atom is -0.462 e. The van der Waals surface area contributed by atoms with Crippen LogP contribution < -0.4 is 10.2 Å². The van der Waals surface area contributed by atoms with Gasteiger partial charge in [-0.2, -0.15) is 0 Å². The zero-order chi connectivity index (χ0) is 19.4. The average molecular weight is 406 g/mol. The van der Waals surface area contributed by atoms with E-state index < -0.39 is 5.97 Å². The molecule has 1 aliphatic heterocycles. The third-order valence-corrected chi connectivity index (χ3v) is 5.97. The molecule has 0 atom stereocenters. The first-order valence-corrected chi connectivity index (χ1v) is 10.3. The fourth-order valence-electron chi connectivity index (χ4n) is 2.63. The highest BCUT2D eigenvalue weighted by atomic mass is 32.2. The van der Waals surface area contributed by atoms with Crippen LogP contribution in [-0.4, -0.2) is 41.7 Å². The van der Waals surface area contributed by atoms with Crippen LogP contribution in [0.1, 0.15) is 28.7 Å². The number of hydrogen-bond donors (Lipinski definition) is 1. The highest BCUT2D eigenvalue weighted by Crippen LogP contribution is 2.35. The molecule has 3 rings (SSSR count). The highest BCUT2D eigenvalue weighted by molar-refractivity contribution is 8.00. The Morgan fingerprint density at radius 2 is 2.11 bits per heavy atom. The van der Waals surface area contributed by atoms with Gasteiger partial charge in [0.05, 0.1) is 23.7 Å². The predicted octanol–water partition coefficient (Wildman–Crippen LogP) is 3.10. The molecular formula is C18H19N3O4S2. The summed E-state index contributed by atoms with van der Waals surface area (Å²) in [5, 5.41) is 3.04. The first-order valence-electron chi connectivity index (χ1n) is 8.46. The summed E-state index contributed by atoms with van der Waals surface area (Å²) >= 11 is 2.59. The number of carbonyl (C=O) groups is 3. The van der Waals surface area contributed by atoms with Gasteiger partial charge in [-0.1, -0.05) is 23.5 Å². The molecule has 2 aromatic rings. The fraction of sp³-hybridized carbons (Fsp3) is 0.333. The van der Waals surface area contributed by atoms with Crippen molar-refractivity contribution in [1.82, 2.24) is 4.98 Å². The topological polar surface area (TPSA) is 88.6 Å². The maximum atomic E-state index is 12.3. The molecule has 7 nitrogen and oxygen atoms in total. The van der Waals surface area contributed by atoms with E-state index in [1.165, 1.54) is 11.8 Å². The van der Waals surface area contributed by atoms with Crippen LogP contribution in [0.2, 0.25) is 0 Å². The summed E-state index contributed by atoms with van der Waals surface area (Å²) in [6.07, 6.45) is 0.137. The van der Waals surface area contributed by atoms with Gasteiger partial charge in [0.15, 0.2) is 5.13 Å².